The van der Waals surface area contributed by atoms with Crippen molar-refractivity contribution in [2.75, 3.05) is 38.0 Å². The van der Waals surface area contributed by atoms with Crippen LogP contribution in [0.25, 0.3) is 0 Å². The summed E-state index contributed by atoms with van der Waals surface area (Å²) in [5, 5.41) is 8.07. The Kier molecular flexibility index (Phi) is 6.04. The van der Waals surface area contributed by atoms with E-state index in [4.69, 9.17) is 0 Å². The van der Waals surface area contributed by atoms with Crippen molar-refractivity contribution in [3.63, 3.8) is 0 Å². The zero-order chi connectivity index (χ0) is 19.3. The number of nitrogens with one attached hydrogen (secondary N) is 4. The molecule has 0 spiro atoms. The summed E-state index contributed by atoms with van der Waals surface area (Å²) in [6.07, 6.45) is 2.09. The summed E-state index contributed by atoms with van der Waals surface area (Å²) in [6.45, 7) is 5.70. The zero-order valence-electron chi connectivity index (χ0n) is 16.0. The summed E-state index contributed by atoms with van der Waals surface area (Å²) in [6, 6.07) is 11.9. The molecule has 1 aliphatic carbocycles. The van der Waals surface area contributed by atoms with Crippen molar-refractivity contribution in [2.45, 2.75) is 25.4 Å². The van der Waals surface area contributed by atoms with Crippen molar-refractivity contribution >= 4 is 28.8 Å². The first-order chi connectivity index (χ1) is 13.7. The van der Waals surface area contributed by atoms with Gasteiger partial charge in [-0.15, -0.1) is 11.3 Å². The van der Waals surface area contributed by atoms with Crippen LogP contribution in [0, 0.1) is 0 Å². The minimum atomic E-state index is -0.100. The van der Waals surface area contributed by atoms with Gasteiger partial charge in [-0.2, -0.15) is 0 Å². The maximum atomic E-state index is 12.6. The number of hydrogen-bond donors (Lipinski definition) is 4. The number of anilines is 1. The fourth-order valence-electron chi connectivity index (χ4n) is 3.67. The SMILES string of the molecule is O=C(C[NH+]1CC[NH+](Cc2cccs2)CC1)Nc1ccccc1C(=O)NC1CC1. The summed E-state index contributed by atoms with van der Waals surface area (Å²) in [5.41, 5.74) is 1.15. The van der Waals surface area contributed by atoms with E-state index in [1.54, 1.807) is 17.0 Å². The third-order valence-electron chi connectivity index (χ3n) is 5.44. The first-order valence-corrected chi connectivity index (χ1v) is 10.9. The Hall–Kier alpha value is -2.22. The Bertz CT molecular complexity index is 812. The number of amides is 2. The summed E-state index contributed by atoms with van der Waals surface area (Å²) in [7, 11) is 0. The molecular weight excluding hydrogens is 372 g/mol. The predicted octanol–water partition coefficient (Wildman–Crippen LogP) is -0.438. The van der Waals surface area contributed by atoms with Crippen molar-refractivity contribution in [3.8, 4) is 0 Å². The average Bonchev–Trinajstić information content (AvgIpc) is 3.36. The van der Waals surface area contributed by atoms with Gasteiger partial charge in [0, 0.05) is 6.04 Å². The van der Waals surface area contributed by atoms with Gasteiger partial charge in [0.25, 0.3) is 11.8 Å². The minimum Gasteiger partial charge on any atom is -0.349 e. The van der Waals surface area contributed by atoms with E-state index in [0.29, 0.717) is 23.8 Å². The zero-order valence-corrected chi connectivity index (χ0v) is 16.8. The number of para-hydroxylation sites is 1. The van der Waals surface area contributed by atoms with E-state index >= 15 is 0 Å². The van der Waals surface area contributed by atoms with Gasteiger partial charge in [-0.05, 0) is 36.4 Å². The van der Waals surface area contributed by atoms with E-state index in [0.717, 1.165) is 45.6 Å². The van der Waals surface area contributed by atoms with Crippen LogP contribution in [0.4, 0.5) is 5.69 Å². The van der Waals surface area contributed by atoms with E-state index in [9.17, 15) is 9.59 Å². The maximum Gasteiger partial charge on any atom is 0.279 e. The monoisotopic (exact) mass is 400 g/mol. The van der Waals surface area contributed by atoms with Gasteiger partial charge in [0.15, 0.2) is 6.54 Å². The molecule has 7 heteroatoms. The lowest BCUT2D eigenvalue weighted by Crippen LogP contribution is -3.28. The molecule has 2 aliphatic rings. The van der Waals surface area contributed by atoms with Crippen molar-refractivity contribution in [2.24, 2.45) is 0 Å². The van der Waals surface area contributed by atoms with E-state index in [1.807, 2.05) is 23.5 Å². The molecule has 6 nitrogen and oxygen atoms in total. The van der Waals surface area contributed by atoms with E-state index in [-0.39, 0.29) is 11.8 Å². The molecule has 1 aliphatic heterocycles. The first kappa shape index (κ1) is 19.1. The van der Waals surface area contributed by atoms with Gasteiger partial charge in [-0.25, -0.2) is 0 Å². The number of benzene rings is 1. The molecule has 0 radical (unpaired) electrons. The molecule has 2 fully saturated rings. The van der Waals surface area contributed by atoms with E-state index < -0.39 is 0 Å². The van der Waals surface area contributed by atoms with Crippen LogP contribution >= 0.6 is 11.3 Å². The van der Waals surface area contributed by atoms with Gasteiger partial charge in [0.2, 0.25) is 0 Å². The smallest absolute Gasteiger partial charge is 0.279 e. The molecule has 1 saturated carbocycles. The molecular formula is C21H28N4O2S+2. The standard InChI is InChI=1S/C21H26N4O2S/c26-20(15-25-11-9-24(10-12-25)14-17-4-3-13-28-17)23-19-6-2-1-5-18(19)21(27)22-16-7-8-16/h1-6,13,16H,7-12,14-15H2,(H,22,27)(H,23,26)/p+2. The largest absolute Gasteiger partial charge is 0.349 e. The summed E-state index contributed by atoms with van der Waals surface area (Å²) < 4.78 is 0. The van der Waals surface area contributed by atoms with Crippen LogP contribution < -0.4 is 20.4 Å². The second-order valence-electron chi connectivity index (χ2n) is 7.77. The van der Waals surface area contributed by atoms with Crippen molar-refractivity contribution in [1.29, 1.82) is 0 Å². The Morgan fingerprint density at radius 3 is 2.46 bits per heavy atom. The second kappa shape index (κ2) is 8.86. The van der Waals surface area contributed by atoms with Crippen LogP contribution in [0.1, 0.15) is 28.1 Å². The topological polar surface area (TPSA) is 67.1 Å². The number of rotatable bonds is 7. The van der Waals surface area contributed by atoms with Gasteiger partial charge in [-0.1, -0.05) is 18.2 Å². The Morgan fingerprint density at radius 2 is 1.75 bits per heavy atom. The third kappa shape index (κ3) is 5.19. The van der Waals surface area contributed by atoms with Crippen molar-refractivity contribution < 1.29 is 19.4 Å². The van der Waals surface area contributed by atoms with Gasteiger partial charge < -0.3 is 20.4 Å². The highest BCUT2D eigenvalue weighted by molar-refractivity contribution is 7.09. The van der Waals surface area contributed by atoms with Crippen molar-refractivity contribution in [1.82, 2.24) is 5.32 Å². The van der Waals surface area contributed by atoms with Gasteiger partial charge in [0.05, 0.1) is 16.1 Å². The molecule has 148 valence electrons. The normalized spacial score (nSPS) is 21.9. The Labute approximate surface area is 169 Å². The van der Waals surface area contributed by atoms with Crippen LogP contribution in [0.3, 0.4) is 0 Å². The van der Waals surface area contributed by atoms with E-state index in [2.05, 4.69) is 28.1 Å². The molecule has 4 N–H and O–H groups in total. The highest BCUT2D eigenvalue weighted by Gasteiger charge is 2.27. The van der Waals surface area contributed by atoms with Crippen LogP contribution in [0.15, 0.2) is 41.8 Å². The Balaban J connectivity index is 1.26. The van der Waals surface area contributed by atoms with Crippen LogP contribution in [-0.4, -0.2) is 50.6 Å². The summed E-state index contributed by atoms with van der Waals surface area (Å²) in [4.78, 5) is 29.3. The number of piperazine rings is 1. The molecule has 1 aromatic carbocycles. The van der Waals surface area contributed by atoms with Crippen molar-refractivity contribution in [3.05, 3.63) is 52.2 Å². The average molecular weight is 401 g/mol. The number of carbonyl (C=O) groups excluding carboxylic acids is 2. The lowest BCUT2D eigenvalue weighted by molar-refractivity contribution is -1.01. The first-order valence-electron chi connectivity index (χ1n) is 10.1. The molecule has 2 aromatic rings. The molecule has 0 atom stereocenters. The van der Waals surface area contributed by atoms with E-state index in [1.165, 1.54) is 9.78 Å². The van der Waals surface area contributed by atoms with Gasteiger partial charge in [-0.3, -0.25) is 9.59 Å². The number of carbonyl (C=O) groups is 2. The molecule has 0 unspecified atom stereocenters. The number of quaternary nitrogens is 2. The number of hydrogen-bond acceptors (Lipinski definition) is 3. The van der Waals surface area contributed by atoms with Crippen LogP contribution in [0.5, 0.6) is 0 Å². The third-order valence-corrected chi connectivity index (χ3v) is 6.31. The second-order valence-corrected chi connectivity index (χ2v) is 8.81. The molecule has 28 heavy (non-hydrogen) atoms. The summed E-state index contributed by atoms with van der Waals surface area (Å²) in [5.74, 6) is -0.125. The lowest BCUT2D eigenvalue weighted by atomic mass is 10.1. The quantitative estimate of drug-likeness (QED) is 0.509. The van der Waals surface area contributed by atoms with Gasteiger partial charge in [0.1, 0.15) is 32.7 Å². The molecule has 4 rings (SSSR count). The van der Waals surface area contributed by atoms with Crippen LogP contribution in [0.2, 0.25) is 0 Å². The molecule has 1 saturated heterocycles. The van der Waals surface area contributed by atoms with Crippen LogP contribution in [-0.2, 0) is 11.3 Å². The molecule has 2 heterocycles. The highest BCUT2D eigenvalue weighted by atomic mass is 32.1. The lowest BCUT2D eigenvalue weighted by Gasteiger charge is -2.29. The number of thiophene rings is 1. The predicted molar refractivity (Wildman–Crippen MR) is 110 cm³/mol. The fraction of sp³-hybridized carbons (Fsp3) is 0.429. The highest BCUT2D eigenvalue weighted by Crippen LogP contribution is 2.21. The summed E-state index contributed by atoms with van der Waals surface area (Å²) >= 11 is 1.82. The molecule has 2 amide bonds. The van der Waals surface area contributed by atoms with Gasteiger partial charge >= 0.3 is 0 Å². The molecule has 0 bridgehead atoms. The minimum absolute atomic E-state index is 0.0246. The Morgan fingerprint density at radius 1 is 1.00 bits per heavy atom. The fourth-order valence-corrected chi connectivity index (χ4v) is 4.45. The molecule has 1 aromatic heterocycles. The maximum absolute atomic E-state index is 12.6.